The molecule has 0 aromatic heterocycles. The third-order valence-electron chi connectivity index (χ3n) is 2.45. The Labute approximate surface area is 104 Å². The van der Waals surface area contributed by atoms with Crippen LogP contribution >= 0.6 is 0 Å². The van der Waals surface area contributed by atoms with E-state index in [9.17, 15) is 4.79 Å². The van der Waals surface area contributed by atoms with Gasteiger partial charge in [0.1, 0.15) is 0 Å². The standard InChI is InChI=1S/C14H22N2O/c1-11(2)8-15-10-14(17)16-9-13-6-4-12(3)5-7-13/h4-7,11,15H,8-10H2,1-3H3,(H,16,17). The van der Waals surface area contributed by atoms with Gasteiger partial charge in [-0.05, 0) is 24.9 Å². The van der Waals surface area contributed by atoms with Crippen molar-refractivity contribution in [2.75, 3.05) is 13.1 Å². The van der Waals surface area contributed by atoms with E-state index in [4.69, 9.17) is 0 Å². The van der Waals surface area contributed by atoms with Crippen LogP contribution in [-0.2, 0) is 11.3 Å². The first-order valence-corrected chi connectivity index (χ1v) is 6.11. The number of nitrogens with one attached hydrogen (secondary N) is 2. The molecule has 2 N–H and O–H groups in total. The minimum absolute atomic E-state index is 0.0474. The van der Waals surface area contributed by atoms with E-state index in [1.807, 2.05) is 12.1 Å². The first-order valence-electron chi connectivity index (χ1n) is 6.11. The molecule has 0 aliphatic rings. The van der Waals surface area contributed by atoms with E-state index in [0.29, 0.717) is 19.0 Å². The van der Waals surface area contributed by atoms with Crippen LogP contribution in [0.4, 0.5) is 0 Å². The summed E-state index contributed by atoms with van der Waals surface area (Å²) < 4.78 is 0. The highest BCUT2D eigenvalue weighted by Gasteiger charge is 2.01. The van der Waals surface area contributed by atoms with Crippen molar-refractivity contribution in [3.63, 3.8) is 0 Å². The zero-order chi connectivity index (χ0) is 12.7. The van der Waals surface area contributed by atoms with Crippen molar-refractivity contribution in [2.45, 2.75) is 27.3 Å². The minimum Gasteiger partial charge on any atom is -0.351 e. The number of carbonyl (C=O) groups is 1. The van der Waals surface area contributed by atoms with Crippen molar-refractivity contribution in [1.29, 1.82) is 0 Å². The summed E-state index contributed by atoms with van der Waals surface area (Å²) in [4.78, 5) is 11.5. The number of benzene rings is 1. The third kappa shape index (κ3) is 6.07. The molecule has 0 aliphatic heterocycles. The Bertz CT molecular complexity index is 344. The number of rotatable bonds is 6. The lowest BCUT2D eigenvalue weighted by Crippen LogP contribution is -2.34. The molecule has 1 rings (SSSR count). The first-order chi connectivity index (χ1) is 8.08. The lowest BCUT2D eigenvalue weighted by molar-refractivity contribution is -0.120. The number of amides is 1. The molecule has 0 aliphatic carbocycles. The van der Waals surface area contributed by atoms with Crippen LogP contribution in [0.25, 0.3) is 0 Å². The van der Waals surface area contributed by atoms with Crippen molar-refractivity contribution in [1.82, 2.24) is 10.6 Å². The number of hydrogen-bond acceptors (Lipinski definition) is 2. The predicted octanol–water partition coefficient (Wildman–Crippen LogP) is 1.86. The molecule has 0 saturated carbocycles. The van der Waals surface area contributed by atoms with Gasteiger partial charge in [-0.1, -0.05) is 43.7 Å². The van der Waals surface area contributed by atoms with Crippen LogP contribution in [0.2, 0.25) is 0 Å². The van der Waals surface area contributed by atoms with E-state index in [0.717, 1.165) is 12.1 Å². The van der Waals surface area contributed by atoms with Gasteiger partial charge in [0.05, 0.1) is 6.54 Å². The van der Waals surface area contributed by atoms with Crippen molar-refractivity contribution < 1.29 is 4.79 Å². The summed E-state index contributed by atoms with van der Waals surface area (Å²) in [6.45, 7) is 8.16. The zero-order valence-electron chi connectivity index (χ0n) is 10.9. The first kappa shape index (κ1) is 13.7. The molecule has 0 heterocycles. The lowest BCUT2D eigenvalue weighted by Gasteiger charge is -2.08. The average molecular weight is 234 g/mol. The maximum Gasteiger partial charge on any atom is 0.234 e. The summed E-state index contributed by atoms with van der Waals surface area (Å²) in [6, 6.07) is 8.19. The Morgan fingerprint density at radius 2 is 1.88 bits per heavy atom. The highest BCUT2D eigenvalue weighted by Crippen LogP contribution is 2.02. The molecule has 3 heteroatoms. The molecule has 0 atom stereocenters. The third-order valence-corrected chi connectivity index (χ3v) is 2.45. The fourth-order valence-corrected chi connectivity index (χ4v) is 1.44. The molecule has 0 spiro atoms. The topological polar surface area (TPSA) is 41.1 Å². The van der Waals surface area contributed by atoms with Crippen LogP contribution in [-0.4, -0.2) is 19.0 Å². The highest BCUT2D eigenvalue weighted by molar-refractivity contribution is 5.77. The van der Waals surface area contributed by atoms with E-state index in [1.54, 1.807) is 0 Å². The van der Waals surface area contributed by atoms with Crippen molar-refractivity contribution in [3.05, 3.63) is 35.4 Å². The predicted molar refractivity (Wildman–Crippen MR) is 70.7 cm³/mol. The van der Waals surface area contributed by atoms with Gasteiger partial charge >= 0.3 is 0 Å². The van der Waals surface area contributed by atoms with Crippen LogP contribution in [0.1, 0.15) is 25.0 Å². The zero-order valence-corrected chi connectivity index (χ0v) is 10.9. The van der Waals surface area contributed by atoms with E-state index < -0.39 is 0 Å². The molecule has 17 heavy (non-hydrogen) atoms. The van der Waals surface area contributed by atoms with Gasteiger partial charge in [-0.25, -0.2) is 0 Å². The number of hydrogen-bond donors (Lipinski definition) is 2. The Hall–Kier alpha value is -1.35. The van der Waals surface area contributed by atoms with Gasteiger partial charge in [-0.2, -0.15) is 0 Å². The van der Waals surface area contributed by atoms with Gasteiger partial charge in [0, 0.05) is 6.54 Å². The van der Waals surface area contributed by atoms with Crippen LogP contribution in [0.15, 0.2) is 24.3 Å². The van der Waals surface area contributed by atoms with Crippen molar-refractivity contribution >= 4 is 5.91 Å². The molecule has 0 radical (unpaired) electrons. The number of aryl methyl sites for hydroxylation is 1. The molecule has 1 aromatic rings. The van der Waals surface area contributed by atoms with E-state index in [1.165, 1.54) is 5.56 Å². The Balaban J connectivity index is 2.21. The van der Waals surface area contributed by atoms with Crippen LogP contribution in [0.5, 0.6) is 0 Å². The minimum atomic E-state index is 0.0474. The molecule has 1 amide bonds. The van der Waals surface area contributed by atoms with Gasteiger partial charge in [-0.15, -0.1) is 0 Å². The fourth-order valence-electron chi connectivity index (χ4n) is 1.44. The van der Waals surface area contributed by atoms with Gasteiger partial charge < -0.3 is 10.6 Å². The molecular weight excluding hydrogens is 212 g/mol. The second kappa shape index (κ2) is 7.07. The number of carbonyl (C=O) groups excluding carboxylic acids is 1. The SMILES string of the molecule is Cc1ccc(CNC(=O)CNCC(C)C)cc1. The van der Waals surface area contributed by atoms with Gasteiger partial charge in [0.2, 0.25) is 5.91 Å². The maximum absolute atomic E-state index is 11.5. The largest absolute Gasteiger partial charge is 0.351 e. The van der Waals surface area contributed by atoms with Crippen molar-refractivity contribution in [2.24, 2.45) is 5.92 Å². The maximum atomic E-state index is 11.5. The summed E-state index contributed by atoms with van der Waals surface area (Å²) >= 11 is 0. The quantitative estimate of drug-likeness (QED) is 0.789. The Morgan fingerprint density at radius 1 is 1.24 bits per heavy atom. The molecule has 0 bridgehead atoms. The van der Waals surface area contributed by atoms with Crippen molar-refractivity contribution in [3.8, 4) is 0 Å². The summed E-state index contributed by atoms with van der Waals surface area (Å²) in [5, 5.41) is 6.01. The molecule has 0 saturated heterocycles. The summed E-state index contributed by atoms with van der Waals surface area (Å²) in [6.07, 6.45) is 0. The molecule has 0 unspecified atom stereocenters. The Kier molecular flexibility index (Phi) is 5.70. The van der Waals surface area contributed by atoms with E-state index in [-0.39, 0.29) is 5.91 Å². The van der Waals surface area contributed by atoms with Gasteiger partial charge in [-0.3, -0.25) is 4.79 Å². The smallest absolute Gasteiger partial charge is 0.234 e. The monoisotopic (exact) mass is 234 g/mol. The molecular formula is C14H22N2O. The van der Waals surface area contributed by atoms with Gasteiger partial charge in [0.15, 0.2) is 0 Å². The van der Waals surface area contributed by atoms with Crippen LogP contribution < -0.4 is 10.6 Å². The molecule has 1 aromatic carbocycles. The fraction of sp³-hybridized carbons (Fsp3) is 0.500. The summed E-state index contributed by atoms with van der Waals surface area (Å²) in [7, 11) is 0. The lowest BCUT2D eigenvalue weighted by atomic mass is 10.1. The Morgan fingerprint density at radius 3 is 2.47 bits per heavy atom. The average Bonchev–Trinajstić information content (AvgIpc) is 2.28. The summed E-state index contributed by atoms with van der Waals surface area (Å²) in [5.41, 5.74) is 2.37. The normalized spacial score (nSPS) is 10.6. The molecule has 0 fully saturated rings. The second-order valence-corrected chi connectivity index (χ2v) is 4.79. The highest BCUT2D eigenvalue weighted by atomic mass is 16.1. The van der Waals surface area contributed by atoms with Gasteiger partial charge in [0.25, 0.3) is 0 Å². The molecule has 3 nitrogen and oxygen atoms in total. The summed E-state index contributed by atoms with van der Waals surface area (Å²) in [5.74, 6) is 0.617. The van der Waals surface area contributed by atoms with Crippen LogP contribution in [0.3, 0.4) is 0 Å². The second-order valence-electron chi connectivity index (χ2n) is 4.79. The van der Waals surface area contributed by atoms with E-state index >= 15 is 0 Å². The molecule has 94 valence electrons. The van der Waals surface area contributed by atoms with Crippen LogP contribution in [0, 0.1) is 12.8 Å². The van der Waals surface area contributed by atoms with E-state index in [2.05, 4.69) is 43.5 Å².